The number of benzene rings is 1. The molecule has 1 N–H and O–H groups in total. The molecule has 3 aromatic rings. The lowest BCUT2D eigenvalue weighted by Crippen LogP contribution is -2.00. The van der Waals surface area contributed by atoms with Crippen molar-refractivity contribution in [2.45, 2.75) is 0 Å². The number of hydrogen-bond donors (Lipinski definition) is 1. The van der Waals surface area contributed by atoms with Gasteiger partial charge in [0.1, 0.15) is 0 Å². The molecule has 0 radical (unpaired) electrons. The molecule has 0 atom stereocenters. The van der Waals surface area contributed by atoms with E-state index in [0.29, 0.717) is 21.6 Å². The molecule has 0 aliphatic heterocycles. The molecule has 20 heavy (non-hydrogen) atoms. The van der Waals surface area contributed by atoms with Gasteiger partial charge in [-0.1, -0.05) is 17.7 Å². The Balaban J connectivity index is 2.34. The Hall–Kier alpha value is -1.43. The number of thiophene rings is 1. The SMILES string of the molecule is O=C(O)c1cc(-c2cc(Br)cs2)nc2cccc(Cl)c12. The fourth-order valence-corrected chi connectivity index (χ4v) is 3.65. The Kier molecular flexibility index (Phi) is 3.50. The van der Waals surface area contributed by atoms with Crippen molar-refractivity contribution < 1.29 is 9.90 Å². The van der Waals surface area contributed by atoms with Crippen LogP contribution in [-0.2, 0) is 0 Å². The van der Waals surface area contributed by atoms with Crippen molar-refractivity contribution in [3.8, 4) is 10.6 Å². The third-order valence-corrected chi connectivity index (χ3v) is 4.86. The number of carboxylic acids is 1. The molecule has 100 valence electrons. The van der Waals surface area contributed by atoms with E-state index in [2.05, 4.69) is 20.9 Å². The molecule has 0 saturated heterocycles. The topological polar surface area (TPSA) is 50.2 Å². The number of carboxylic acid groups (broad SMARTS) is 1. The number of fused-ring (bicyclic) bond motifs is 1. The molecule has 2 heterocycles. The molecule has 1 aromatic carbocycles. The van der Waals surface area contributed by atoms with E-state index in [4.69, 9.17) is 11.6 Å². The summed E-state index contributed by atoms with van der Waals surface area (Å²) >= 11 is 11.0. The minimum Gasteiger partial charge on any atom is -0.478 e. The number of aromatic nitrogens is 1. The first kappa shape index (κ1) is 13.5. The summed E-state index contributed by atoms with van der Waals surface area (Å²) in [6.07, 6.45) is 0. The molecule has 2 aromatic heterocycles. The van der Waals surface area contributed by atoms with Crippen LogP contribution in [0.5, 0.6) is 0 Å². The Morgan fingerprint density at radius 1 is 1.35 bits per heavy atom. The number of aromatic carboxylic acids is 1. The van der Waals surface area contributed by atoms with Crippen molar-refractivity contribution in [3.05, 3.63) is 50.8 Å². The molecule has 0 fully saturated rings. The summed E-state index contributed by atoms with van der Waals surface area (Å²) in [6, 6.07) is 8.67. The van der Waals surface area contributed by atoms with Crippen LogP contribution in [0.25, 0.3) is 21.5 Å². The normalized spacial score (nSPS) is 10.9. The highest BCUT2D eigenvalue weighted by molar-refractivity contribution is 9.10. The van der Waals surface area contributed by atoms with Gasteiger partial charge < -0.3 is 5.11 Å². The van der Waals surface area contributed by atoms with Crippen LogP contribution in [-0.4, -0.2) is 16.1 Å². The molecule has 3 rings (SSSR count). The van der Waals surface area contributed by atoms with Gasteiger partial charge >= 0.3 is 5.97 Å². The van der Waals surface area contributed by atoms with Gasteiger partial charge in [-0.05, 0) is 40.2 Å². The average molecular weight is 369 g/mol. The first-order chi connectivity index (χ1) is 9.56. The second-order valence-corrected chi connectivity index (χ2v) is 6.36. The van der Waals surface area contributed by atoms with E-state index in [-0.39, 0.29) is 5.56 Å². The molecule has 3 nitrogen and oxygen atoms in total. The fourth-order valence-electron chi connectivity index (χ4n) is 1.99. The Morgan fingerprint density at radius 2 is 2.15 bits per heavy atom. The van der Waals surface area contributed by atoms with Crippen molar-refractivity contribution in [1.29, 1.82) is 0 Å². The fraction of sp³-hybridized carbons (Fsp3) is 0. The summed E-state index contributed by atoms with van der Waals surface area (Å²) in [5, 5.41) is 12.2. The number of pyridine rings is 1. The predicted octanol–water partition coefficient (Wildman–Crippen LogP) is 5.08. The minimum absolute atomic E-state index is 0.167. The molecule has 0 unspecified atom stereocenters. The van der Waals surface area contributed by atoms with Gasteiger partial charge in [-0.2, -0.15) is 0 Å². The lowest BCUT2D eigenvalue weighted by atomic mass is 10.1. The van der Waals surface area contributed by atoms with E-state index in [1.165, 1.54) is 11.3 Å². The van der Waals surface area contributed by atoms with Crippen molar-refractivity contribution in [2.24, 2.45) is 0 Å². The van der Waals surface area contributed by atoms with Crippen LogP contribution in [0.1, 0.15) is 10.4 Å². The summed E-state index contributed by atoms with van der Waals surface area (Å²) < 4.78 is 0.947. The predicted molar refractivity (Wildman–Crippen MR) is 84.7 cm³/mol. The number of rotatable bonds is 2. The Labute approximate surface area is 132 Å². The molecule has 0 aliphatic carbocycles. The van der Waals surface area contributed by atoms with Gasteiger partial charge in [-0.25, -0.2) is 9.78 Å². The largest absolute Gasteiger partial charge is 0.478 e. The van der Waals surface area contributed by atoms with Gasteiger partial charge in [0.15, 0.2) is 0 Å². The minimum atomic E-state index is -1.01. The zero-order chi connectivity index (χ0) is 14.3. The monoisotopic (exact) mass is 367 g/mol. The molecule has 0 spiro atoms. The van der Waals surface area contributed by atoms with Gasteiger partial charge in [-0.15, -0.1) is 11.3 Å². The maximum atomic E-state index is 11.5. The second kappa shape index (κ2) is 5.16. The lowest BCUT2D eigenvalue weighted by molar-refractivity contribution is 0.0699. The Bertz CT molecular complexity index is 831. The van der Waals surface area contributed by atoms with Crippen LogP contribution in [0, 0.1) is 0 Å². The number of hydrogen-bond acceptors (Lipinski definition) is 3. The number of carbonyl (C=O) groups is 1. The lowest BCUT2D eigenvalue weighted by Gasteiger charge is -2.07. The van der Waals surface area contributed by atoms with Crippen LogP contribution >= 0.6 is 38.9 Å². The van der Waals surface area contributed by atoms with Crippen LogP contribution in [0.2, 0.25) is 5.02 Å². The third kappa shape index (κ3) is 2.32. The first-order valence-electron chi connectivity index (χ1n) is 5.63. The van der Waals surface area contributed by atoms with Crippen LogP contribution in [0.3, 0.4) is 0 Å². The zero-order valence-electron chi connectivity index (χ0n) is 9.93. The molecule has 6 heteroatoms. The Morgan fingerprint density at radius 3 is 2.80 bits per heavy atom. The summed E-state index contributed by atoms with van der Waals surface area (Å²) in [6.45, 7) is 0. The maximum Gasteiger partial charge on any atom is 0.336 e. The third-order valence-electron chi connectivity index (χ3n) is 2.83. The smallest absolute Gasteiger partial charge is 0.336 e. The van der Waals surface area contributed by atoms with Crippen LogP contribution in [0.15, 0.2) is 40.2 Å². The van der Waals surface area contributed by atoms with Gasteiger partial charge in [0.2, 0.25) is 0 Å². The van der Waals surface area contributed by atoms with E-state index in [9.17, 15) is 9.90 Å². The molecule has 0 aliphatic rings. The van der Waals surface area contributed by atoms with Crippen molar-refractivity contribution in [2.75, 3.05) is 0 Å². The summed E-state index contributed by atoms with van der Waals surface area (Å²) in [5.41, 5.74) is 1.38. The zero-order valence-corrected chi connectivity index (χ0v) is 13.1. The number of halogens is 2. The maximum absolute atomic E-state index is 11.5. The van der Waals surface area contributed by atoms with Gasteiger partial charge in [0.25, 0.3) is 0 Å². The van der Waals surface area contributed by atoms with E-state index in [1.54, 1.807) is 24.3 Å². The van der Waals surface area contributed by atoms with E-state index < -0.39 is 5.97 Å². The molecular formula is C14H7BrClNO2S. The standard InChI is InChI=1S/C14H7BrClNO2S/c15-7-4-12(20-6-7)11-5-8(14(18)19)13-9(16)2-1-3-10(13)17-11/h1-6H,(H,18,19). The van der Waals surface area contributed by atoms with Gasteiger partial charge in [0.05, 0.1) is 26.7 Å². The summed E-state index contributed by atoms with van der Waals surface area (Å²) in [4.78, 5) is 16.9. The highest BCUT2D eigenvalue weighted by Gasteiger charge is 2.15. The first-order valence-corrected chi connectivity index (χ1v) is 7.68. The van der Waals surface area contributed by atoms with Crippen LogP contribution in [0.4, 0.5) is 0 Å². The van der Waals surface area contributed by atoms with Gasteiger partial charge in [0, 0.05) is 15.2 Å². The second-order valence-electron chi connectivity index (χ2n) is 4.12. The highest BCUT2D eigenvalue weighted by atomic mass is 79.9. The molecule has 0 bridgehead atoms. The average Bonchev–Trinajstić information content (AvgIpc) is 2.84. The molecular weight excluding hydrogens is 362 g/mol. The summed E-state index contributed by atoms with van der Waals surface area (Å²) in [5.74, 6) is -1.01. The molecule has 0 saturated carbocycles. The number of nitrogens with zero attached hydrogens (tertiary/aromatic N) is 1. The van der Waals surface area contributed by atoms with E-state index in [1.807, 2.05) is 11.4 Å². The van der Waals surface area contributed by atoms with Gasteiger partial charge in [-0.3, -0.25) is 0 Å². The quantitative estimate of drug-likeness (QED) is 0.686. The van der Waals surface area contributed by atoms with Crippen LogP contribution < -0.4 is 0 Å². The van der Waals surface area contributed by atoms with Crippen molar-refractivity contribution in [3.63, 3.8) is 0 Å². The summed E-state index contributed by atoms with van der Waals surface area (Å²) in [7, 11) is 0. The molecule has 0 amide bonds. The van der Waals surface area contributed by atoms with E-state index >= 15 is 0 Å². The van der Waals surface area contributed by atoms with E-state index in [0.717, 1.165) is 9.35 Å². The highest BCUT2D eigenvalue weighted by Crippen LogP contribution is 2.33. The van der Waals surface area contributed by atoms with Crippen molar-refractivity contribution >= 4 is 55.7 Å². The van der Waals surface area contributed by atoms with Crippen molar-refractivity contribution in [1.82, 2.24) is 4.98 Å².